The molecule has 63 heavy (non-hydrogen) atoms. The van der Waals surface area contributed by atoms with E-state index in [1.54, 1.807) is 44.2 Å². The van der Waals surface area contributed by atoms with Gasteiger partial charge in [-0.25, -0.2) is 4.79 Å². The van der Waals surface area contributed by atoms with Gasteiger partial charge >= 0.3 is 11.9 Å². The third-order valence-corrected chi connectivity index (χ3v) is 10.6. The first-order valence-corrected chi connectivity index (χ1v) is 21.5. The predicted molar refractivity (Wildman–Crippen MR) is 229 cm³/mol. The smallest absolute Gasteiger partial charge is 0.346 e. The number of rotatable bonds is 25. The molecule has 0 unspecified atom stereocenters. The van der Waals surface area contributed by atoms with Gasteiger partial charge < -0.3 is 52.6 Å². The van der Waals surface area contributed by atoms with Crippen LogP contribution in [0.15, 0.2) is 30.3 Å². The highest BCUT2D eigenvalue weighted by Crippen LogP contribution is 2.11. The lowest BCUT2D eigenvalue weighted by Gasteiger charge is -2.31. The fraction of sp³-hybridized carbons (Fsp3) is 0.643. The summed E-state index contributed by atoms with van der Waals surface area (Å²) >= 11 is 0. The largest absolute Gasteiger partial charge is 0.467 e. The minimum absolute atomic E-state index is 0.000920. The van der Waals surface area contributed by atoms with Crippen LogP contribution in [0.1, 0.15) is 84.6 Å². The van der Waals surface area contributed by atoms with Crippen LogP contribution in [0.2, 0.25) is 0 Å². The summed E-state index contributed by atoms with van der Waals surface area (Å²) in [5.74, 6) is -5.18. The average molecular weight is 888 g/mol. The maximum atomic E-state index is 13.6. The zero-order chi connectivity index (χ0) is 46.6. The number of hydrogen-bond acceptors (Lipinski definition) is 13. The van der Waals surface area contributed by atoms with E-state index in [0.717, 1.165) is 39.0 Å². The number of carbonyl (C=O) groups is 8. The van der Waals surface area contributed by atoms with Crippen molar-refractivity contribution in [3.05, 3.63) is 35.9 Å². The molecule has 21 heteroatoms. The third kappa shape index (κ3) is 17.8. The molecule has 0 radical (unpaired) electrons. The summed E-state index contributed by atoms with van der Waals surface area (Å²) in [6, 6.07) is 2.05. The zero-order valence-electron chi connectivity index (χ0n) is 36.9. The predicted octanol–water partition coefficient (Wildman–Crippen LogP) is -3.09. The third-order valence-electron chi connectivity index (χ3n) is 10.6. The molecule has 21 nitrogen and oxygen atoms in total. The molecule has 2 aliphatic rings. The molecule has 0 saturated carbocycles. The van der Waals surface area contributed by atoms with Gasteiger partial charge in [0.05, 0.1) is 51.9 Å². The van der Waals surface area contributed by atoms with Crippen molar-refractivity contribution in [1.82, 2.24) is 42.5 Å². The van der Waals surface area contributed by atoms with Crippen LogP contribution in [0.25, 0.3) is 0 Å². The van der Waals surface area contributed by atoms with E-state index < -0.39 is 84.1 Å². The van der Waals surface area contributed by atoms with Crippen LogP contribution in [0.5, 0.6) is 0 Å². The number of aliphatic hydroxyl groups is 2. The number of nitrogens with zero attached hydrogens (tertiary/aromatic N) is 1. The lowest BCUT2D eigenvalue weighted by atomic mass is 10.0. The van der Waals surface area contributed by atoms with Gasteiger partial charge in [-0.1, -0.05) is 44.2 Å². The molecule has 0 saturated heterocycles. The van der Waals surface area contributed by atoms with E-state index >= 15 is 0 Å². The summed E-state index contributed by atoms with van der Waals surface area (Å²) in [5.41, 5.74) is 6.10. The van der Waals surface area contributed by atoms with Crippen molar-refractivity contribution >= 4 is 53.3 Å². The van der Waals surface area contributed by atoms with Crippen molar-refractivity contribution in [2.45, 2.75) is 134 Å². The minimum atomic E-state index is -1.57. The van der Waals surface area contributed by atoms with Crippen molar-refractivity contribution < 1.29 is 57.9 Å². The normalized spacial score (nSPS) is 18.6. The van der Waals surface area contributed by atoms with E-state index in [1.807, 2.05) is 0 Å². The van der Waals surface area contributed by atoms with Crippen LogP contribution in [-0.2, 0) is 49.5 Å². The molecular formula is C42H67N10O11+. The molecule has 0 spiro atoms. The monoisotopic (exact) mass is 887 g/mol. The quantitative estimate of drug-likeness (QED) is 0.0264. The number of methoxy groups -OCH3 is 1. The van der Waals surface area contributed by atoms with Crippen molar-refractivity contribution in [2.24, 2.45) is 11.7 Å². The summed E-state index contributed by atoms with van der Waals surface area (Å²) in [6.45, 7) is 8.35. The van der Waals surface area contributed by atoms with Gasteiger partial charge in [0.15, 0.2) is 0 Å². The van der Waals surface area contributed by atoms with E-state index in [2.05, 4.69) is 47.1 Å². The Kier molecular flexibility index (Phi) is 21.2. The fourth-order valence-electron chi connectivity index (χ4n) is 7.07. The molecule has 12 N–H and O–H groups in total. The number of benzene rings is 1. The molecule has 8 atom stereocenters. The van der Waals surface area contributed by atoms with Crippen LogP contribution in [-0.4, -0.2) is 150 Å². The minimum Gasteiger partial charge on any atom is -0.467 e. The average Bonchev–Trinajstić information content (AvgIpc) is 3.24. The summed E-state index contributed by atoms with van der Waals surface area (Å²) in [6.07, 6.45) is 0.707. The van der Waals surface area contributed by atoms with Crippen LogP contribution in [0, 0.1) is 5.92 Å². The van der Waals surface area contributed by atoms with E-state index in [4.69, 9.17) is 10.5 Å². The standard InChI is InChI=1S/C42H66N10O11/c1-24(2)19-30(38(59)48-31(21-33(43)55)39(60)50-32(41(62)63-5)20-27-11-7-6-8-12-27)49-40(61)36(26(4)54)51-37(58)25(3)45-35(57)14-10-9-13-34(56)44-22-28-15-17-52-18-16-29(23-53)47-42(52)46-28/h6-8,11-12,24-26,28-32,36,53-54H,9-10,13-23H2,1-5H3,(H9,43,44,45,46,47,48,49,50,51,55,56,57,58,59,60,61)/p+1/t25-,26+,28-,29-,30-,31-,32-,36-/m0/s1. The maximum absolute atomic E-state index is 13.6. The Morgan fingerprint density at radius 2 is 1.37 bits per heavy atom. The first kappa shape index (κ1) is 51.5. The van der Waals surface area contributed by atoms with Gasteiger partial charge in [-0.2, -0.15) is 0 Å². The van der Waals surface area contributed by atoms with Gasteiger partial charge in [0.2, 0.25) is 41.4 Å². The van der Waals surface area contributed by atoms with Crippen molar-refractivity contribution in [1.29, 1.82) is 0 Å². The molecule has 350 valence electrons. The van der Waals surface area contributed by atoms with Crippen molar-refractivity contribution in [3.63, 3.8) is 0 Å². The number of unbranched alkanes of at least 4 members (excludes halogenated alkanes) is 1. The van der Waals surface area contributed by atoms with Gasteiger partial charge in [0.1, 0.15) is 36.3 Å². The van der Waals surface area contributed by atoms with Crippen LogP contribution in [0.4, 0.5) is 0 Å². The lowest BCUT2D eigenvalue weighted by molar-refractivity contribution is -0.542. The molecule has 0 aliphatic carbocycles. The molecule has 3 rings (SSSR count). The second kappa shape index (κ2) is 25.9. The molecule has 0 aromatic heterocycles. The number of ether oxygens (including phenoxy) is 1. The van der Waals surface area contributed by atoms with E-state index in [0.29, 0.717) is 24.9 Å². The number of aliphatic hydroxyl groups excluding tert-OH is 2. The molecule has 0 fully saturated rings. The Morgan fingerprint density at radius 1 is 0.778 bits per heavy atom. The van der Waals surface area contributed by atoms with Gasteiger partial charge in [-0.3, -0.25) is 48.8 Å². The van der Waals surface area contributed by atoms with Crippen LogP contribution >= 0.6 is 0 Å². The number of carbonyl (C=O) groups excluding carboxylic acids is 8. The second-order valence-corrected chi connectivity index (χ2v) is 16.5. The van der Waals surface area contributed by atoms with E-state index in [9.17, 15) is 48.6 Å². The Labute approximate surface area is 367 Å². The molecule has 2 heterocycles. The fourth-order valence-corrected chi connectivity index (χ4v) is 7.07. The number of amides is 7. The number of nitrogens with two attached hydrogens (primary N) is 1. The van der Waals surface area contributed by atoms with Gasteiger partial charge in [0, 0.05) is 32.1 Å². The number of guanidine groups is 1. The highest BCUT2D eigenvalue weighted by atomic mass is 16.5. The second-order valence-electron chi connectivity index (χ2n) is 16.5. The first-order chi connectivity index (χ1) is 29.9. The van der Waals surface area contributed by atoms with Gasteiger partial charge in [-0.05, 0) is 44.6 Å². The highest BCUT2D eigenvalue weighted by Gasteiger charge is 2.35. The van der Waals surface area contributed by atoms with E-state index in [-0.39, 0.29) is 56.2 Å². The number of nitrogens with one attached hydrogen (secondary N) is 8. The Bertz CT molecular complexity index is 1780. The number of primary amides is 1. The van der Waals surface area contributed by atoms with Gasteiger partial charge in [-0.15, -0.1) is 0 Å². The Morgan fingerprint density at radius 3 is 1.97 bits per heavy atom. The first-order valence-electron chi connectivity index (χ1n) is 21.5. The molecular weight excluding hydrogens is 821 g/mol. The van der Waals surface area contributed by atoms with Gasteiger partial charge in [0.25, 0.3) is 0 Å². The molecule has 0 bridgehead atoms. The molecule has 2 aliphatic heterocycles. The summed E-state index contributed by atoms with van der Waals surface area (Å²) in [4.78, 5) is 103. The maximum Gasteiger partial charge on any atom is 0.346 e. The molecule has 7 amide bonds. The number of esters is 1. The number of hydrogen-bond donors (Lipinski definition) is 11. The van der Waals surface area contributed by atoms with Crippen molar-refractivity contribution in [2.75, 3.05) is 33.4 Å². The topological polar surface area (TPSA) is 312 Å². The lowest BCUT2D eigenvalue weighted by Crippen LogP contribution is -2.61. The Balaban J connectivity index is 1.50. The molecule has 1 aromatic carbocycles. The highest BCUT2D eigenvalue weighted by molar-refractivity contribution is 5.97. The van der Waals surface area contributed by atoms with Crippen molar-refractivity contribution in [3.8, 4) is 0 Å². The molecule has 1 aromatic rings. The Hall–Kier alpha value is -5.83. The summed E-state index contributed by atoms with van der Waals surface area (Å²) in [7, 11) is 1.15. The van der Waals surface area contributed by atoms with E-state index in [1.165, 1.54) is 13.8 Å². The summed E-state index contributed by atoms with van der Waals surface area (Å²) in [5, 5.41) is 42.0. The van der Waals surface area contributed by atoms with Crippen LogP contribution < -0.4 is 48.3 Å². The SMILES string of the molecule is COC(=O)[C@H](Cc1ccccc1)NC(=O)[C@H](CC(N)=O)NC(=O)[C@H](CC(C)C)NC(=O)[C@@H](NC(=O)[C@H](C)NC(=O)CCCCC(=O)NC[C@@H]1CC[N+]2=C(N[C@H](CO)CC2)N1)[C@@H](C)O. The zero-order valence-corrected chi connectivity index (χ0v) is 36.9. The summed E-state index contributed by atoms with van der Waals surface area (Å²) < 4.78 is 7.03. The van der Waals surface area contributed by atoms with Crippen LogP contribution in [0.3, 0.4) is 0 Å².